The van der Waals surface area contributed by atoms with E-state index in [1.807, 2.05) is 6.92 Å². The molecule has 1 aliphatic heterocycles. The quantitative estimate of drug-likeness (QED) is 0.506. The first-order valence-electron chi connectivity index (χ1n) is 12.5. The number of pyridine rings is 1. The third-order valence-corrected chi connectivity index (χ3v) is 6.62. The Morgan fingerprint density at radius 1 is 1.18 bits per heavy atom. The number of aromatic nitrogens is 1. The molecule has 3 atom stereocenters. The smallest absolute Gasteiger partial charge is 0.259 e. The Kier molecular flexibility index (Phi) is 8.57. The Morgan fingerprint density at radius 3 is 2.56 bits per heavy atom. The summed E-state index contributed by atoms with van der Waals surface area (Å²) in [6, 6.07) is 12.6. The standard InChI is InChI=1S/C30H29F2N3O4/c1-19-16-35(20(2)18-36)30(38)25-14-22(9-8-21-10-12-23(31)13-11-21)15-33-28(25)39-27(19)17-34(3)29(37)24-6-4-5-7-26(24)32/h4-7,10-15,19-20,27,36H,16-18H2,1-3H3/t19-,20+,27-/m0/s1. The fourth-order valence-corrected chi connectivity index (χ4v) is 4.26. The molecular weight excluding hydrogens is 504 g/mol. The maximum atomic E-state index is 14.2. The number of ether oxygens (including phenoxy) is 1. The molecule has 1 N–H and O–H groups in total. The number of halogens is 2. The first-order chi connectivity index (χ1) is 18.7. The predicted octanol–water partition coefficient (Wildman–Crippen LogP) is 3.75. The van der Waals surface area contributed by atoms with E-state index in [0.29, 0.717) is 11.1 Å². The van der Waals surface area contributed by atoms with Crippen LogP contribution in [0.1, 0.15) is 45.7 Å². The van der Waals surface area contributed by atoms with Gasteiger partial charge < -0.3 is 19.6 Å². The lowest BCUT2D eigenvalue weighted by atomic mass is 9.99. The van der Waals surface area contributed by atoms with E-state index in [1.54, 1.807) is 43.1 Å². The Morgan fingerprint density at radius 2 is 1.87 bits per heavy atom. The van der Waals surface area contributed by atoms with Crippen molar-refractivity contribution in [1.29, 1.82) is 0 Å². The number of nitrogens with zero attached hydrogens (tertiary/aromatic N) is 3. The molecule has 2 amide bonds. The third-order valence-electron chi connectivity index (χ3n) is 6.62. The normalized spacial score (nSPS) is 17.6. The number of amides is 2. The molecule has 0 saturated heterocycles. The molecule has 2 aromatic carbocycles. The van der Waals surface area contributed by atoms with E-state index in [9.17, 15) is 23.5 Å². The van der Waals surface area contributed by atoms with Crippen molar-refractivity contribution in [3.63, 3.8) is 0 Å². The lowest BCUT2D eigenvalue weighted by Gasteiger charge is -2.37. The number of benzene rings is 2. The van der Waals surface area contributed by atoms with Crippen molar-refractivity contribution in [3.8, 4) is 17.7 Å². The summed E-state index contributed by atoms with van der Waals surface area (Å²) in [5.74, 6) is 3.82. The number of carbonyl (C=O) groups excluding carboxylic acids is 2. The molecule has 1 aromatic heterocycles. The van der Waals surface area contributed by atoms with Gasteiger partial charge in [0.15, 0.2) is 0 Å². The zero-order valence-electron chi connectivity index (χ0n) is 21.9. The van der Waals surface area contributed by atoms with Crippen LogP contribution in [0.2, 0.25) is 0 Å². The highest BCUT2D eigenvalue weighted by atomic mass is 19.1. The molecule has 0 radical (unpaired) electrons. The van der Waals surface area contributed by atoms with Gasteiger partial charge in [-0.3, -0.25) is 9.59 Å². The number of rotatable bonds is 5. The van der Waals surface area contributed by atoms with Crippen LogP contribution in [0.3, 0.4) is 0 Å². The molecule has 4 rings (SSSR count). The van der Waals surface area contributed by atoms with E-state index in [1.165, 1.54) is 41.4 Å². The van der Waals surface area contributed by atoms with Crippen molar-refractivity contribution in [2.75, 3.05) is 26.7 Å². The second-order valence-corrected chi connectivity index (χ2v) is 9.62. The van der Waals surface area contributed by atoms with Crippen LogP contribution in [0, 0.1) is 29.4 Å². The Bertz CT molecular complexity index is 1420. The molecule has 0 unspecified atom stereocenters. The molecule has 7 nitrogen and oxygen atoms in total. The van der Waals surface area contributed by atoms with E-state index in [4.69, 9.17) is 4.74 Å². The van der Waals surface area contributed by atoms with Crippen LogP contribution in [0.4, 0.5) is 8.78 Å². The van der Waals surface area contributed by atoms with Crippen LogP contribution >= 0.6 is 0 Å². The van der Waals surface area contributed by atoms with Gasteiger partial charge in [-0.2, -0.15) is 0 Å². The highest BCUT2D eigenvalue weighted by Gasteiger charge is 2.35. The van der Waals surface area contributed by atoms with Crippen molar-refractivity contribution in [3.05, 3.63) is 94.7 Å². The van der Waals surface area contributed by atoms with Gasteiger partial charge in [-0.05, 0) is 49.4 Å². The minimum atomic E-state index is -0.615. The van der Waals surface area contributed by atoms with Crippen LogP contribution in [-0.2, 0) is 0 Å². The lowest BCUT2D eigenvalue weighted by Crippen LogP contribution is -2.50. The van der Waals surface area contributed by atoms with E-state index in [0.717, 1.165) is 0 Å². The number of fused-ring (bicyclic) bond motifs is 1. The molecular formula is C30H29F2N3O4. The van der Waals surface area contributed by atoms with Crippen LogP contribution in [0.5, 0.6) is 5.88 Å². The summed E-state index contributed by atoms with van der Waals surface area (Å²) in [6.07, 6.45) is 0.884. The zero-order chi connectivity index (χ0) is 28.1. The van der Waals surface area contributed by atoms with Gasteiger partial charge in [-0.1, -0.05) is 30.9 Å². The van der Waals surface area contributed by atoms with Gasteiger partial charge in [0.05, 0.1) is 24.8 Å². The van der Waals surface area contributed by atoms with Crippen molar-refractivity contribution in [1.82, 2.24) is 14.8 Å². The van der Waals surface area contributed by atoms with E-state index < -0.39 is 23.9 Å². The Labute approximate surface area is 226 Å². The largest absolute Gasteiger partial charge is 0.472 e. The second-order valence-electron chi connectivity index (χ2n) is 9.62. The molecule has 0 saturated carbocycles. The zero-order valence-corrected chi connectivity index (χ0v) is 21.9. The van der Waals surface area contributed by atoms with Crippen molar-refractivity contribution in [2.45, 2.75) is 26.0 Å². The molecule has 9 heteroatoms. The summed E-state index contributed by atoms with van der Waals surface area (Å²) in [5.41, 5.74) is 1.16. The average molecular weight is 534 g/mol. The van der Waals surface area contributed by atoms with Crippen molar-refractivity contribution < 1.29 is 28.2 Å². The maximum absolute atomic E-state index is 14.2. The number of carbonyl (C=O) groups is 2. The van der Waals surface area contributed by atoms with Gasteiger partial charge in [0.2, 0.25) is 5.88 Å². The molecule has 2 heterocycles. The number of aliphatic hydroxyl groups excluding tert-OH is 1. The molecule has 0 fully saturated rings. The number of hydrogen-bond acceptors (Lipinski definition) is 5. The highest BCUT2D eigenvalue weighted by molar-refractivity contribution is 5.97. The van der Waals surface area contributed by atoms with Gasteiger partial charge in [0.1, 0.15) is 23.3 Å². The molecule has 1 aliphatic rings. The molecule has 0 aliphatic carbocycles. The molecule has 202 valence electrons. The summed E-state index contributed by atoms with van der Waals surface area (Å²) >= 11 is 0. The average Bonchev–Trinajstić information content (AvgIpc) is 2.94. The van der Waals surface area contributed by atoms with Crippen LogP contribution in [0.15, 0.2) is 60.8 Å². The first kappa shape index (κ1) is 27.7. The van der Waals surface area contributed by atoms with Crippen LogP contribution in [-0.4, -0.2) is 70.6 Å². The highest BCUT2D eigenvalue weighted by Crippen LogP contribution is 2.27. The van der Waals surface area contributed by atoms with Gasteiger partial charge in [-0.15, -0.1) is 0 Å². The van der Waals surface area contributed by atoms with E-state index >= 15 is 0 Å². The summed E-state index contributed by atoms with van der Waals surface area (Å²) < 4.78 is 33.6. The maximum Gasteiger partial charge on any atom is 0.259 e. The molecule has 39 heavy (non-hydrogen) atoms. The molecule has 0 spiro atoms. The Balaban J connectivity index is 1.65. The monoisotopic (exact) mass is 533 g/mol. The van der Waals surface area contributed by atoms with Gasteiger partial charge >= 0.3 is 0 Å². The van der Waals surface area contributed by atoms with Gasteiger partial charge in [0.25, 0.3) is 11.8 Å². The second kappa shape index (κ2) is 12.0. The fraction of sp³-hybridized carbons (Fsp3) is 0.300. The summed E-state index contributed by atoms with van der Waals surface area (Å²) in [4.78, 5) is 33.8. The van der Waals surface area contributed by atoms with E-state index in [2.05, 4.69) is 16.8 Å². The Hall–Kier alpha value is -4.29. The van der Waals surface area contributed by atoms with Gasteiger partial charge in [0, 0.05) is 36.8 Å². The summed E-state index contributed by atoms with van der Waals surface area (Å²) in [5, 5.41) is 9.84. The SMILES string of the molecule is C[C@H](CO)N1C[C@H](C)[C@H](CN(C)C(=O)c2ccccc2F)Oc2ncc(C#Cc3ccc(F)cc3)cc2C1=O. The van der Waals surface area contributed by atoms with Gasteiger partial charge in [-0.25, -0.2) is 13.8 Å². The van der Waals surface area contributed by atoms with Crippen molar-refractivity contribution >= 4 is 11.8 Å². The fourth-order valence-electron chi connectivity index (χ4n) is 4.26. The minimum absolute atomic E-state index is 0.0490. The number of aliphatic hydroxyl groups is 1. The van der Waals surface area contributed by atoms with Crippen LogP contribution < -0.4 is 4.74 Å². The summed E-state index contributed by atoms with van der Waals surface area (Å²) in [6.45, 7) is 3.72. The lowest BCUT2D eigenvalue weighted by molar-refractivity contribution is 0.0312. The summed E-state index contributed by atoms with van der Waals surface area (Å²) in [7, 11) is 1.56. The first-order valence-corrected chi connectivity index (χ1v) is 12.5. The third kappa shape index (κ3) is 6.41. The van der Waals surface area contributed by atoms with Crippen molar-refractivity contribution in [2.24, 2.45) is 5.92 Å². The predicted molar refractivity (Wildman–Crippen MR) is 141 cm³/mol. The number of likely N-dealkylation sites (N-methyl/N-ethyl adjacent to an activating group) is 1. The molecule has 3 aromatic rings. The minimum Gasteiger partial charge on any atom is -0.472 e. The molecule has 0 bridgehead atoms. The van der Waals surface area contributed by atoms with Crippen LogP contribution in [0.25, 0.3) is 0 Å². The topological polar surface area (TPSA) is 83.0 Å². The van der Waals surface area contributed by atoms with E-state index in [-0.39, 0.29) is 54.3 Å². The number of hydrogen-bond donors (Lipinski definition) is 1.